The molecule has 1 atom stereocenters. The number of likely N-dealkylation sites (tertiary alicyclic amines) is 1. The van der Waals surface area contributed by atoms with Crippen LogP contribution in [0.3, 0.4) is 0 Å². The summed E-state index contributed by atoms with van der Waals surface area (Å²) in [7, 11) is 0. The summed E-state index contributed by atoms with van der Waals surface area (Å²) < 4.78 is 5.48. The van der Waals surface area contributed by atoms with E-state index in [0.29, 0.717) is 36.7 Å². The van der Waals surface area contributed by atoms with E-state index >= 15 is 0 Å². The highest BCUT2D eigenvalue weighted by molar-refractivity contribution is 6.46. The van der Waals surface area contributed by atoms with E-state index in [1.165, 1.54) is 4.90 Å². The lowest BCUT2D eigenvalue weighted by Crippen LogP contribution is -2.38. The van der Waals surface area contributed by atoms with Gasteiger partial charge >= 0.3 is 0 Å². The third kappa shape index (κ3) is 4.89. The topological polar surface area (TPSA) is 83.0 Å². The number of benzene rings is 1. The van der Waals surface area contributed by atoms with Crippen molar-refractivity contribution in [1.82, 2.24) is 14.8 Å². The number of aromatic nitrogens is 1. The first kappa shape index (κ1) is 23.2. The van der Waals surface area contributed by atoms with E-state index in [9.17, 15) is 14.7 Å². The first-order chi connectivity index (χ1) is 15.5. The highest BCUT2D eigenvalue weighted by Gasteiger charge is 2.46. The van der Waals surface area contributed by atoms with Crippen LogP contribution in [0.1, 0.15) is 31.1 Å². The summed E-state index contributed by atoms with van der Waals surface area (Å²) in [6.07, 6.45) is 3.26. The quantitative estimate of drug-likeness (QED) is 0.267. The van der Waals surface area contributed by atoms with Crippen LogP contribution in [-0.2, 0) is 9.59 Å². The molecule has 7 heteroatoms. The number of pyridine rings is 1. The van der Waals surface area contributed by atoms with Crippen LogP contribution in [0.15, 0.2) is 66.9 Å². The lowest BCUT2D eigenvalue weighted by molar-refractivity contribution is -0.140. The molecule has 2 heterocycles. The summed E-state index contributed by atoms with van der Waals surface area (Å²) in [4.78, 5) is 34.0. The smallest absolute Gasteiger partial charge is 0.295 e. The molecule has 2 aromatic rings. The van der Waals surface area contributed by atoms with E-state index in [2.05, 4.69) is 30.3 Å². The van der Waals surface area contributed by atoms with Crippen molar-refractivity contribution >= 4 is 17.4 Å². The highest BCUT2D eigenvalue weighted by atomic mass is 16.5. The van der Waals surface area contributed by atoms with Gasteiger partial charge in [0.25, 0.3) is 11.7 Å². The number of Topliss-reactive ketones (excluding diaryl/α,β-unsaturated/α-hetero) is 1. The number of amides is 1. The van der Waals surface area contributed by atoms with Crippen LogP contribution in [0.5, 0.6) is 5.75 Å². The number of ether oxygens (including phenoxy) is 1. The Bertz CT molecular complexity index is 982. The molecule has 7 nitrogen and oxygen atoms in total. The molecular formula is C25H29N3O4. The number of nitrogens with zero attached hydrogens (tertiary/aromatic N) is 3. The van der Waals surface area contributed by atoms with Crippen molar-refractivity contribution in [3.63, 3.8) is 0 Å². The van der Waals surface area contributed by atoms with Gasteiger partial charge in [0.15, 0.2) is 0 Å². The maximum Gasteiger partial charge on any atom is 0.295 e. The molecular weight excluding hydrogens is 406 g/mol. The van der Waals surface area contributed by atoms with Crippen LogP contribution >= 0.6 is 0 Å². The van der Waals surface area contributed by atoms with Gasteiger partial charge in [-0.25, -0.2) is 0 Å². The number of hydrogen-bond donors (Lipinski definition) is 1. The molecule has 32 heavy (non-hydrogen) atoms. The van der Waals surface area contributed by atoms with Crippen molar-refractivity contribution < 1.29 is 19.4 Å². The first-order valence-electron chi connectivity index (χ1n) is 10.8. The van der Waals surface area contributed by atoms with Crippen LogP contribution in [0.2, 0.25) is 0 Å². The predicted molar refractivity (Wildman–Crippen MR) is 123 cm³/mol. The Morgan fingerprint density at radius 1 is 1.19 bits per heavy atom. The van der Waals surface area contributed by atoms with Gasteiger partial charge in [-0.15, -0.1) is 0 Å². The zero-order valence-corrected chi connectivity index (χ0v) is 18.5. The zero-order chi connectivity index (χ0) is 23.1. The Hall–Kier alpha value is -3.45. The van der Waals surface area contributed by atoms with E-state index in [1.807, 2.05) is 0 Å². The van der Waals surface area contributed by atoms with Gasteiger partial charge in [-0.3, -0.25) is 14.6 Å². The average molecular weight is 436 g/mol. The molecule has 1 aliphatic rings. The number of aliphatic hydroxyl groups excluding tert-OH is 1. The number of carbonyl (C=O) groups is 2. The largest absolute Gasteiger partial charge is 0.507 e. The Morgan fingerprint density at radius 2 is 1.91 bits per heavy atom. The summed E-state index contributed by atoms with van der Waals surface area (Å²) in [6.45, 7) is 10.8. The fraction of sp³-hybridized carbons (Fsp3) is 0.320. The standard InChI is InChI=1S/C25H29N3O4/c1-4-17-32-19-12-10-18(11-13-19)23(29)21-22(20-9-7-8-14-26-20)28(25(31)24(21)30)16-15-27(5-2)6-3/h4,7-14,22,29H,1,5-6,15-17H2,2-3H3/b23-21+. The summed E-state index contributed by atoms with van der Waals surface area (Å²) in [5, 5.41) is 11.1. The van der Waals surface area contributed by atoms with Crippen molar-refractivity contribution in [3.8, 4) is 5.75 Å². The molecule has 0 saturated carbocycles. The number of likely N-dealkylation sites (N-methyl/N-ethyl adjacent to an activating group) is 1. The van der Waals surface area contributed by atoms with Crippen molar-refractivity contribution in [1.29, 1.82) is 0 Å². The molecule has 1 aromatic carbocycles. The third-order valence-electron chi connectivity index (χ3n) is 5.56. The highest BCUT2D eigenvalue weighted by Crippen LogP contribution is 2.38. The zero-order valence-electron chi connectivity index (χ0n) is 18.5. The van der Waals surface area contributed by atoms with Crippen LogP contribution in [0.4, 0.5) is 0 Å². The van der Waals surface area contributed by atoms with Crippen molar-refractivity contribution in [2.75, 3.05) is 32.8 Å². The summed E-state index contributed by atoms with van der Waals surface area (Å²) in [5.74, 6) is -0.938. The van der Waals surface area contributed by atoms with Crippen molar-refractivity contribution in [3.05, 3.63) is 78.1 Å². The molecule has 1 aliphatic heterocycles. The minimum atomic E-state index is -0.747. The minimum Gasteiger partial charge on any atom is -0.507 e. The number of rotatable bonds is 10. The summed E-state index contributed by atoms with van der Waals surface area (Å²) in [5.41, 5.74) is 1.02. The maximum atomic E-state index is 13.0. The molecule has 0 bridgehead atoms. The van der Waals surface area contributed by atoms with Crippen LogP contribution in [-0.4, -0.2) is 64.4 Å². The van der Waals surface area contributed by atoms with E-state index in [1.54, 1.807) is 54.7 Å². The van der Waals surface area contributed by atoms with E-state index in [4.69, 9.17) is 4.74 Å². The molecule has 3 rings (SSSR count). The molecule has 1 amide bonds. The van der Waals surface area contributed by atoms with Crippen LogP contribution in [0, 0.1) is 0 Å². The number of hydrogen-bond acceptors (Lipinski definition) is 6. The van der Waals surface area contributed by atoms with E-state index in [-0.39, 0.29) is 11.3 Å². The first-order valence-corrected chi connectivity index (χ1v) is 10.8. The van der Waals surface area contributed by atoms with Gasteiger partial charge in [-0.2, -0.15) is 0 Å². The van der Waals surface area contributed by atoms with Gasteiger partial charge in [-0.05, 0) is 49.5 Å². The molecule has 168 valence electrons. The van der Waals surface area contributed by atoms with Crippen molar-refractivity contribution in [2.45, 2.75) is 19.9 Å². The molecule has 1 fully saturated rings. The maximum absolute atomic E-state index is 13.0. The molecule has 0 aliphatic carbocycles. The fourth-order valence-corrected chi connectivity index (χ4v) is 3.76. The second-order valence-corrected chi connectivity index (χ2v) is 7.40. The van der Waals surface area contributed by atoms with Crippen LogP contribution in [0.25, 0.3) is 5.76 Å². The van der Waals surface area contributed by atoms with Gasteiger partial charge in [0, 0.05) is 24.8 Å². The van der Waals surface area contributed by atoms with Gasteiger partial charge in [0.05, 0.1) is 11.3 Å². The summed E-state index contributed by atoms with van der Waals surface area (Å²) in [6, 6.07) is 11.3. The SMILES string of the molecule is C=CCOc1ccc(/C(O)=C2\C(=O)C(=O)N(CCN(CC)CC)C2c2ccccn2)cc1. The van der Waals surface area contributed by atoms with Gasteiger partial charge in [0.2, 0.25) is 0 Å². The molecule has 1 saturated heterocycles. The minimum absolute atomic E-state index is 0.0491. The second kappa shape index (κ2) is 10.7. The van der Waals surface area contributed by atoms with Crippen LogP contribution < -0.4 is 4.74 Å². The lowest BCUT2D eigenvalue weighted by Gasteiger charge is -2.27. The Labute approximate surface area is 188 Å². The number of aliphatic hydroxyl groups is 1. The van der Waals surface area contributed by atoms with E-state index in [0.717, 1.165) is 13.1 Å². The van der Waals surface area contributed by atoms with E-state index < -0.39 is 17.7 Å². The molecule has 0 spiro atoms. The Morgan fingerprint density at radius 3 is 2.50 bits per heavy atom. The average Bonchev–Trinajstić information content (AvgIpc) is 3.08. The normalized spacial score (nSPS) is 17.7. The molecule has 1 unspecified atom stereocenters. The molecule has 1 aromatic heterocycles. The van der Waals surface area contributed by atoms with Gasteiger partial charge < -0.3 is 19.6 Å². The lowest BCUT2D eigenvalue weighted by atomic mass is 9.98. The van der Waals surface area contributed by atoms with Gasteiger partial charge in [0.1, 0.15) is 24.2 Å². The molecule has 1 N–H and O–H groups in total. The monoisotopic (exact) mass is 435 g/mol. The molecule has 0 radical (unpaired) electrons. The summed E-state index contributed by atoms with van der Waals surface area (Å²) >= 11 is 0. The third-order valence-corrected chi connectivity index (χ3v) is 5.56. The second-order valence-electron chi connectivity index (χ2n) is 7.40. The number of carbonyl (C=O) groups excluding carboxylic acids is 2. The Balaban J connectivity index is 2.00. The van der Waals surface area contributed by atoms with Gasteiger partial charge in [-0.1, -0.05) is 32.6 Å². The fourth-order valence-electron chi connectivity index (χ4n) is 3.76. The predicted octanol–water partition coefficient (Wildman–Crippen LogP) is 3.41. The Kier molecular flexibility index (Phi) is 7.78. The number of ketones is 1. The van der Waals surface area contributed by atoms with Crippen molar-refractivity contribution in [2.24, 2.45) is 0 Å².